The third-order valence-electron chi connectivity index (χ3n) is 4.42. The summed E-state index contributed by atoms with van der Waals surface area (Å²) in [5.74, 6) is 0.727. The Kier molecular flexibility index (Phi) is 4.16. The summed E-state index contributed by atoms with van der Waals surface area (Å²) in [4.78, 5) is 13.2. The van der Waals surface area contributed by atoms with Crippen LogP contribution in [0.3, 0.4) is 0 Å². The van der Waals surface area contributed by atoms with Crippen molar-refractivity contribution in [1.82, 2.24) is 14.9 Å². The van der Waals surface area contributed by atoms with Gasteiger partial charge in [0.2, 0.25) is 0 Å². The highest BCUT2D eigenvalue weighted by Crippen LogP contribution is 2.24. The van der Waals surface area contributed by atoms with Crippen LogP contribution in [0.5, 0.6) is 0 Å². The number of anilines is 1. The Hall–Kier alpha value is -1.93. The number of piperazine rings is 1. The molecule has 5 nitrogen and oxygen atoms in total. The molecule has 5 heteroatoms. The van der Waals surface area contributed by atoms with Crippen LogP contribution in [-0.2, 0) is 0 Å². The zero-order chi connectivity index (χ0) is 14.7. The zero-order valence-electron chi connectivity index (χ0n) is 12.4. The van der Waals surface area contributed by atoms with E-state index in [1.54, 1.807) is 12.4 Å². The maximum atomic E-state index is 9.17. The summed E-state index contributed by atoms with van der Waals surface area (Å²) in [6.45, 7) is 5.08. The Morgan fingerprint density at radius 1 is 1.29 bits per heavy atom. The topological polar surface area (TPSA) is 56.1 Å². The number of nitriles is 1. The highest BCUT2D eigenvalue weighted by Gasteiger charge is 2.30. The van der Waals surface area contributed by atoms with Crippen LogP contribution < -0.4 is 4.90 Å². The summed E-state index contributed by atoms with van der Waals surface area (Å²) in [6.07, 6.45) is 11.7. The van der Waals surface area contributed by atoms with Gasteiger partial charge in [-0.25, -0.2) is 9.97 Å². The van der Waals surface area contributed by atoms with Gasteiger partial charge in [0.15, 0.2) is 11.5 Å². The molecule has 21 heavy (non-hydrogen) atoms. The van der Waals surface area contributed by atoms with E-state index in [1.807, 2.05) is 0 Å². The van der Waals surface area contributed by atoms with Crippen molar-refractivity contribution in [2.45, 2.75) is 38.3 Å². The number of hydrogen-bond donors (Lipinski definition) is 0. The van der Waals surface area contributed by atoms with Crippen LogP contribution in [0.1, 0.15) is 31.9 Å². The van der Waals surface area contributed by atoms with Gasteiger partial charge in [-0.3, -0.25) is 4.90 Å². The first-order valence-electron chi connectivity index (χ1n) is 7.68. The molecule has 2 aliphatic rings. The van der Waals surface area contributed by atoms with E-state index in [0.29, 0.717) is 17.8 Å². The van der Waals surface area contributed by atoms with Crippen LogP contribution in [0, 0.1) is 11.3 Å². The van der Waals surface area contributed by atoms with Crippen molar-refractivity contribution >= 4 is 5.82 Å². The molecule has 3 rings (SSSR count). The highest BCUT2D eigenvalue weighted by molar-refractivity contribution is 5.50. The van der Waals surface area contributed by atoms with Gasteiger partial charge in [-0.1, -0.05) is 12.2 Å². The summed E-state index contributed by atoms with van der Waals surface area (Å²) in [5, 5.41) is 9.17. The summed E-state index contributed by atoms with van der Waals surface area (Å²) >= 11 is 0. The molecule has 0 aromatic carbocycles. The van der Waals surface area contributed by atoms with Gasteiger partial charge < -0.3 is 4.90 Å². The Morgan fingerprint density at radius 2 is 2.14 bits per heavy atom. The van der Waals surface area contributed by atoms with Crippen molar-refractivity contribution in [3.63, 3.8) is 0 Å². The molecule has 0 spiro atoms. The molecule has 0 unspecified atom stereocenters. The molecule has 1 aromatic heterocycles. The fraction of sp³-hybridized carbons (Fsp3) is 0.562. The first kappa shape index (κ1) is 14.0. The molecule has 1 aliphatic carbocycles. The number of nitrogens with zero attached hydrogens (tertiary/aromatic N) is 5. The van der Waals surface area contributed by atoms with Crippen molar-refractivity contribution in [1.29, 1.82) is 5.26 Å². The Balaban J connectivity index is 1.72. The van der Waals surface area contributed by atoms with Gasteiger partial charge in [-0.2, -0.15) is 5.26 Å². The van der Waals surface area contributed by atoms with E-state index in [1.165, 1.54) is 19.3 Å². The molecular formula is C16H21N5. The number of hydrogen-bond acceptors (Lipinski definition) is 5. The third-order valence-corrected chi connectivity index (χ3v) is 4.42. The highest BCUT2D eigenvalue weighted by atomic mass is 15.3. The van der Waals surface area contributed by atoms with Gasteiger partial charge in [-0.15, -0.1) is 0 Å². The SMILES string of the molecule is C[C@H]1CN(c2nccnc2C#N)CCN1[C@@H]1C=CCCC1. The predicted octanol–water partition coefficient (Wildman–Crippen LogP) is 1.97. The average molecular weight is 283 g/mol. The molecule has 0 amide bonds. The van der Waals surface area contributed by atoms with Gasteiger partial charge in [0.25, 0.3) is 0 Å². The van der Waals surface area contributed by atoms with Crippen LogP contribution in [0.2, 0.25) is 0 Å². The molecule has 1 aromatic rings. The van der Waals surface area contributed by atoms with E-state index in [2.05, 4.69) is 44.9 Å². The van der Waals surface area contributed by atoms with E-state index in [-0.39, 0.29) is 0 Å². The van der Waals surface area contributed by atoms with Crippen LogP contribution in [0.4, 0.5) is 5.82 Å². The summed E-state index contributed by atoms with van der Waals surface area (Å²) in [7, 11) is 0. The van der Waals surface area contributed by atoms with Gasteiger partial charge in [0.1, 0.15) is 6.07 Å². The Labute approximate surface area is 125 Å². The molecule has 0 N–H and O–H groups in total. The standard InChI is InChI=1S/C16H21N5/c1-13-12-20(16-15(11-17)18-7-8-19-16)9-10-21(13)14-5-3-2-4-6-14/h3,5,7-8,13-14H,2,4,6,9-10,12H2,1H3/t13-,14+/m0/s1. The van der Waals surface area contributed by atoms with Crippen LogP contribution in [-0.4, -0.2) is 46.6 Å². The molecule has 110 valence electrons. The van der Waals surface area contributed by atoms with E-state index >= 15 is 0 Å². The third kappa shape index (κ3) is 2.91. The van der Waals surface area contributed by atoms with Gasteiger partial charge in [-0.05, 0) is 26.2 Å². The molecule has 2 heterocycles. The van der Waals surface area contributed by atoms with E-state index < -0.39 is 0 Å². The minimum atomic E-state index is 0.427. The van der Waals surface area contributed by atoms with Gasteiger partial charge >= 0.3 is 0 Å². The Morgan fingerprint density at radius 3 is 2.86 bits per heavy atom. The monoisotopic (exact) mass is 283 g/mol. The Bertz CT molecular complexity index is 562. The van der Waals surface area contributed by atoms with Crippen molar-refractivity contribution in [3.8, 4) is 6.07 Å². The number of allylic oxidation sites excluding steroid dienone is 1. The molecular weight excluding hydrogens is 262 g/mol. The minimum Gasteiger partial charge on any atom is -0.351 e. The zero-order valence-corrected chi connectivity index (χ0v) is 12.4. The fourth-order valence-electron chi connectivity index (χ4n) is 3.37. The van der Waals surface area contributed by atoms with Crippen LogP contribution >= 0.6 is 0 Å². The maximum Gasteiger partial charge on any atom is 0.183 e. The second-order valence-corrected chi connectivity index (χ2v) is 5.80. The lowest BCUT2D eigenvalue weighted by Gasteiger charge is -2.44. The quantitative estimate of drug-likeness (QED) is 0.777. The van der Waals surface area contributed by atoms with Crippen molar-refractivity contribution < 1.29 is 0 Å². The number of rotatable bonds is 2. The normalized spacial score (nSPS) is 26.6. The van der Waals surface area contributed by atoms with Gasteiger partial charge in [0.05, 0.1) is 0 Å². The average Bonchev–Trinajstić information content (AvgIpc) is 2.55. The predicted molar refractivity (Wildman–Crippen MR) is 81.9 cm³/mol. The second-order valence-electron chi connectivity index (χ2n) is 5.80. The molecule has 0 saturated carbocycles. The van der Waals surface area contributed by atoms with Gasteiger partial charge in [0, 0.05) is 44.1 Å². The molecule has 0 bridgehead atoms. The van der Waals surface area contributed by atoms with Crippen molar-refractivity contribution in [2.24, 2.45) is 0 Å². The second kappa shape index (κ2) is 6.23. The summed E-state index contributed by atoms with van der Waals surface area (Å²) in [5.41, 5.74) is 0.427. The van der Waals surface area contributed by atoms with E-state index in [4.69, 9.17) is 0 Å². The lowest BCUT2D eigenvalue weighted by Crippen LogP contribution is -2.55. The molecule has 1 aliphatic heterocycles. The summed E-state index contributed by atoms with van der Waals surface area (Å²) in [6, 6.07) is 3.18. The van der Waals surface area contributed by atoms with E-state index in [0.717, 1.165) is 25.5 Å². The largest absolute Gasteiger partial charge is 0.351 e. The first-order valence-corrected chi connectivity index (χ1v) is 7.68. The lowest BCUT2D eigenvalue weighted by molar-refractivity contribution is 0.143. The van der Waals surface area contributed by atoms with Crippen LogP contribution in [0.15, 0.2) is 24.5 Å². The molecule has 1 saturated heterocycles. The first-order chi connectivity index (χ1) is 10.3. The maximum absolute atomic E-state index is 9.17. The summed E-state index contributed by atoms with van der Waals surface area (Å²) < 4.78 is 0. The number of aromatic nitrogens is 2. The molecule has 1 fully saturated rings. The minimum absolute atomic E-state index is 0.427. The van der Waals surface area contributed by atoms with Crippen LogP contribution in [0.25, 0.3) is 0 Å². The smallest absolute Gasteiger partial charge is 0.183 e. The molecule has 0 radical (unpaired) electrons. The van der Waals surface area contributed by atoms with Crippen molar-refractivity contribution in [2.75, 3.05) is 24.5 Å². The molecule has 2 atom stereocenters. The van der Waals surface area contributed by atoms with Crippen molar-refractivity contribution in [3.05, 3.63) is 30.2 Å². The fourth-order valence-corrected chi connectivity index (χ4v) is 3.37. The lowest BCUT2D eigenvalue weighted by atomic mass is 9.99. The van der Waals surface area contributed by atoms with E-state index in [9.17, 15) is 5.26 Å².